The fourth-order valence-electron chi connectivity index (χ4n) is 3.05. The van der Waals surface area contributed by atoms with Crippen LogP contribution in [0, 0.1) is 5.92 Å². The molecule has 0 spiro atoms. The van der Waals surface area contributed by atoms with Crippen LogP contribution >= 0.6 is 0 Å². The Kier molecular flexibility index (Phi) is 8.62. The van der Waals surface area contributed by atoms with Gasteiger partial charge in [0.25, 0.3) is 0 Å². The second-order valence-corrected chi connectivity index (χ2v) is 6.26. The lowest BCUT2D eigenvalue weighted by molar-refractivity contribution is -0.116. The first-order valence-corrected chi connectivity index (χ1v) is 9.22. The van der Waals surface area contributed by atoms with E-state index in [1.165, 1.54) is 18.7 Å². The van der Waals surface area contributed by atoms with Crippen LogP contribution in [-0.2, 0) is 9.59 Å². The maximum Gasteiger partial charge on any atom is 0.319 e. The quantitative estimate of drug-likeness (QED) is 0.547. The molecule has 1 aromatic heterocycles. The summed E-state index contributed by atoms with van der Waals surface area (Å²) in [6, 6.07) is 12.2. The molecule has 3 rings (SSSR count). The maximum absolute atomic E-state index is 11.4. The van der Waals surface area contributed by atoms with Gasteiger partial charge in [0.1, 0.15) is 0 Å². The minimum Gasteiger partial charge on any atom is -0.481 e. The van der Waals surface area contributed by atoms with Gasteiger partial charge in [-0.05, 0) is 24.3 Å². The summed E-state index contributed by atoms with van der Waals surface area (Å²) in [4.78, 5) is 29.8. The number of benzene rings is 1. The van der Waals surface area contributed by atoms with E-state index in [1.807, 2.05) is 18.2 Å². The molecule has 1 aromatic carbocycles. The monoisotopic (exact) mass is 398 g/mol. The standard InChI is InChI=1S/C15H18N2O2.C6H8N2O2/c1-16-15(19)9-14(17-10-18)13-8-7-12(13)11-5-3-2-4-6-11;1-9-5-3-4-7-6(8-5)10-2/h2-6,9-10,12-13H,7-8H2,1H3,(H,16,19)(H,17,18);3-4H,1-2H3/b14-9-;/t12-,13-;/m0./s1. The number of carbonyl (C=O) groups is 2. The van der Waals surface area contributed by atoms with E-state index < -0.39 is 0 Å². The van der Waals surface area contributed by atoms with E-state index in [9.17, 15) is 9.59 Å². The van der Waals surface area contributed by atoms with Gasteiger partial charge in [-0.25, -0.2) is 4.98 Å². The lowest BCUT2D eigenvalue weighted by Gasteiger charge is -2.38. The summed E-state index contributed by atoms with van der Waals surface area (Å²) in [7, 11) is 4.63. The van der Waals surface area contributed by atoms with E-state index >= 15 is 0 Å². The number of methoxy groups -OCH3 is 2. The summed E-state index contributed by atoms with van der Waals surface area (Å²) in [5.41, 5.74) is 1.96. The van der Waals surface area contributed by atoms with Crippen LogP contribution in [0.3, 0.4) is 0 Å². The van der Waals surface area contributed by atoms with Crippen molar-refractivity contribution in [2.24, 2.45) is 5.92 Å². The third kappa shape index (κ3) is 6.31. The van der Waals surface area contributed by atoms with E-state index in [0.717, 1.165) is 12.8 Å². The van der Waals surface area contributed by atoms with Crippen LogP contribution in [0.1, 0.15) is 24.3 Å². The molecule has 1 aliphatic rings. The molecule has 1 aliphatic carbocycles. The Morgan fingerprint density at radius 1 is 1.14 bits per heavy atom. The summed E-state index contributed by atoms with van der Waals surface area (Å²) in [6.07, 6.45) is 5.76. The molecule has 2 N–H and O–H groups in total. The number of ether oxygens (including phenoxy) is 2. The number of rotatable bonds is 7. The van der Waals surface area contributed by atoms with Crippen LogP contribution in [0.4, 0.5) is 0 Å². The number of aromatic nitrogens is 2. The highest BCUT2D eigenvalue weighted by Crippen LogP contribution is 2.45. The summed E-state index contributed by atoms with van der Waals surface area (Å²) < 4.78 is 9.58. The molecule has 2 aromatic rings. The predicted octanol–water partition coefficient (Wildman–Crippen LogP) is 2.05. The zero-order chi connectivity index (χ0) is 21.1. The molecule has 1 heterocycles. The molecule has 2 atom stereocenters. The molecule has 0 bridgehead atoms. The highest BCUT2D eigenvalue weighted by Gasteiger charge is 2.34. The molecular formula is C21H26N4O4. The van der Waals surface area contributed by atoms with Crippen molar-refractivity contribution >= 4 is 12.3 Å². The molecule has 8 nitrogen and oxygen atoms in total. The van der Waals surface area contributed by atoms with Crippen molar-refractivity contribution in [3.05, 3.63) is 59.9 Å². The first-order valence-electron chi connectivity index (χ1n) is 9.22. The van der Waals surface area contributed by atoms with Crippen LogP contribution in [0.2, 0.25) is 0 Å². The van der Waals surface area contributed by atoms with Crippen molar-refractivity contribution in [1.82, 2.24) is 20.6 Å². The van der Waals surface area contributed by atoms with Crippen molar-refractivity contribution in [2.75, 3.05) is 21.3 Å². The number of hydrogen-bond donors (Lipinski definition) is 2. The van der Waals surface area contributed by atoms with Crippen molar-refractivity contribution in [3.63, 3.8) is 0 Å². The second kappa shape index (κ2) is 11.4. The van der Waals surface area contributed by atoms with Gasteiger partial charge in [-0.3, -0.25) is 9.59 Å². The van der Waals surface area contributed by atoms with Crippen LogP contribution in [-0.4, -0.2) is 43.6 Å². The molecule has 2 amide bonds. The Balaban J connectivity index is 0.000000253. The number of nitrogens with zero attached hydrogens (tertiary/aromatic N) is 2. The summed E-state index contributed by atoms with van der Waals surface area (Å²) in [5, 5.41) is 5.21. The van der Waals surface area contributed by atoms with E-state index in [0.29, 0.717) is 29.9 Å². The van der Waals surface area contributed by atoms with Crippen molar-refractivity contribution in [2.45, 2.75) is 18.8 Å². The molecule has 0 unspecified atom stereocenters. The average molecular weight is 398 g/mol. The molecule has 1 fully saturated rings. The first kappa shape index (κ1) is 21.9. The Labute approximate surface area is 170 Å². The maximum atomic E-state index is 11.4. The topological polar surface area (TPSA) is 102 Å². The summed E-state index contributed by atoms with van der Waals surface area (Å²) >= 11 is 0. The highest BCUT2D eigenvalue weighted by molar-refractivity contribution is 5.88. The van der Waals surface area contributed by atoms with Gasteiger partial charge in [-0.2, -0.15) is 4.98 Å². The molecule has 8 heteroatoms. The zero-order valence-electron chi connectivity index (χ0n) is 16.8. The first-order chi connectivity index (χ1) is 14.1. The molecule has 154 valence electrons. The third-order valence-electron chi connectivity index (χ3n) is 4.66. The molecule has 0 aliphatic heterocycles. The number of amides is 2. The molecule has 0 radical (unpaired) electrons. The molecule has 1 saturated carbocycles. The number of allylic oxidation sites excluding steroid dienone is 1. The minimum absolute atomic E-state index is 0.192. The van der Waals surface area contributed by atoms with Crippen LogP contribution in [0.15, 0.2) is 54.4 Å². The van der Waals surface area contributed by atoms with Crippen LogP contribution < -0.4 is 20.1 Å². The molecular weight excluding hydrogens is 372 g/mol. The van der Waals surface area contributed by atoms with Crippen LogP contribution in [0.25, 0.3) is 0 Å². The van der Waals surface area contributed by atoms with Crippen molar-refractivity contribution < 1.29 is 19.1 Å². The Hall–Kier alpha value is -3.42. The Morgan fingerprint density at radius 3 is 2.45 bits per heavy atom. The minimum atomic E-state index is -0.192. The number of nitrogens with one attached hydrogen (secondary N) is 2. The van der Waals surface area contributed by atoms with Gasteiger partial charge in [-0.15, -0.1) is 0 Å². The van der Waals surface area contributed by atoms with Gasteiger partial charge in [0.05, 0.1) is 14.2 Å². The number of likely N-dealkylation sites (N-methyl/N-ethyl adjacent to an activating group) is 1. The van der Waals surface area contributed by atoms with Gasteiger partial charge in [0.15, 0.2) is 0 Å². The van der Waals surface area contributed by atoms with Gasteiger partial charge < -0.3 is 20.1 Å². The van der Waals surface area contributed by atoms with Crippen molar-refractivity contribution in [1.29, 1.82) is 0 Å². The molecule has 0 saturated heterocycles. The number of carbonyl (C=O) groups excluding carboxylic acids is 2. The van der Waals surface area contributed by atoms with E-state index in [4.69, 9.17) is 9.47 Å². The van der Waals surface area contributed by atoms with E-state index in [-0.39, 0.29) is 11.8 Å². The van der Waals surface area contributed by atoms with E-state index in [1.54, 1.807) is 26.4 Å². The smallest absolute Gasteiger partial charge is 0.319 e. The third-order valence-corrected chi connectivity index (χ3v) is 4.66. The van der Waals surface area contributed by atoms with Gasteiger partial charge >= 0.3 is 6.01 Å². The Morgan fingerprint density at radius 2 is 1.90 bits per heavy atom. The lowest BCUT2D eigenvalue weighted by atomic mass is 9.68. The largest absolute Gasteiger partial charge is 0.481 e. The second-order valence-electron chi connectivity index (χ2n) is 6.26. The number of hydrogen-bond acceptors (Lipinski definition) is 6. The normalized spacial score (nSPS) is 17.7. The molecule has 29 heavy (non-hydrogen) atoms. The van der Waals surface area contributed by atoms with Gasteiger partial charge in [0.2, 0.25) is 18.2 Å². The van der Waals surface area contributed by atoms with Crippen molar-refractivity contribution in [3.8, 4) is 11.9 Å². The Bertz CT molecular complexity index is 807. The summed E-state index contributed by atoms with van der Waals surface area (Å²) in [5.74, 6) is 0.907. The SMILES string of the molecule is CNC(=O)/C=C(\NC=O)[C@H]1CC[C@H]1c1ccccc1.COc1ccnc(OC)n1. The van der Waals surface area contributed by atoms with E-state index in [2.05, 4.69) is 32.7 Å². The predicted molar refractivity (Wildman–Crippen MR) is 108 cm³/mol. The lowest BCUT2D eigenvalue weighted by Crippen LogP contribution is -2.33. The fourth-order valence-corrected chi connectivity index (χ4v) is 3.05. The highest BCUT2D eigenvalue weighted by atomic mass is 16.5. The van der Waals surface area contributed by atoms with Gasteiger partial charge in [0, 0.05) is 37.0 Å². The van der Waals surface area contributed by atoms with Gasteiger partial charge in [-0.1, -0.05) is 30.3 Å². The average Bonchev–Trinajstić information content (AvgIpc) is 2.74. The van der Waals surface area contributed by atoms with Crippen LogP contribution in [0.5, 0.6) is 11.9 Å². The zero-order valence-corrected chi connectivity index (χ0v) is 16.8. The summed E-state index contributed by atoms with van der Waals surface area (Å²) in [6.45, 7) is 0. The fraction of sp³-hybridized carbons (Fsp3) is 0.333.